The fourth-order valence-corrected chi connectivity index (χ4v) is 2.83. The molecule has 2 N–H and O–H groups in total. The van der Waals surface area contributed by atoms with Gasteiger partial charge >= 0.3 is 0 Å². The average molecular weight is 340 g/mol. The van der Waals surface area contributed by atoms with E-state index >= 15 is 0 Å². The van der Waals surface area contributed by atoms with Gasteiger partial charge in [-0.2, -0.15) is 0 Å². The van der Waals surface area contributed by atoms with Gasteiger partial charge in [0.05, 0.1) is 19.3 Å². The summed E-state index contributed by atoms with van der Waals surface area (Å²) in [5.74, 6) is 0.786. The van der Waals surface area contributed by atoms with Gasteiger partial charge in [-0.1, -0.05) is 48.5 Å². The van der Waals surface area contributed by atoms with E-state index < -0.39 is 0 Å². The smallest absolute Gasteiger partial charge is 0.222 e. The lowest BCUT2D eigenvalue weighted by molar-refractivity contribution is -0.123. The van der Waals surface area contributed by atoms with Crippen LogP contribution in [0.1, 0.15) is 18.0 Å². The number of hydrogen-bond acceptors (Lipinski definition) is 4. The SMILES string of the molecule is O=C(CC1COCCN1)NC(COc1ccccc1)c1ccccc1. The quantitative estimate of drug-likeness (QED) is 0.812. The van der Waals surface area contributed by atoms with Crippen LogP contribution < -0.4 is 15.4 Å². The van der Waals surface area contributed by atoms with E-state index in [4.69, 9.17) is 9.47 Å². The number of benzene rings is 2. The first kappa shape index (κ1) is 17.5. The average Bonchev–Trinajstić information content (AvgIpc) is 2.67. The summed E-state index contributed by atoms with van der Waals surface area (Å²) in [5.41, 5.74) is 1.03. The van der Waals surface area contributed by atoms with E-state index in [9.17, 15) is 4.79 Å². The lowest BCUT2D eigenvalue weighted by atomic mass is 10.1. The Kier molecular flexibility index (Phi) is 6.42. The molecule has 1 aliphatic rings. The van der Waals surface area contributed by atoms with Crippen molar-refractivity contribution < 1.29 is 14.3 Å². The maximum absolute atomic E-state index is 12.4. The van der Waals surface area contributed by atoms with Crippen LogP contribution in [0, 0.1) is 0 Å². The second-order valence-corrected chi connectivity index (χ2v) is 6.08. The van der Waals surface area contributed by atoms with E-state index in [1.54, 1.807) is 0 Å². The highest BCUT2D eigenvalue weighted by molar-refractivity contribution is 5.77. The Morgan fingerprint density at radius 3 is 2.56 bits per heavy atom. The molecular weight excluding hydrogens is 316 g/mol. The van der Waals surface area contributed by atoms with Crippen LogP contribution in [0.25, 0.3) is 0 Å². The van der Waals surface area contributed by atoms with E-state index in [0.29, 0.717) is 26.2 Å². The van der Waals surface area contributed by atoms with Crippen LogP contribution >= 0.6 is 0 Å². The molecule has 25 heavy (non-hydrogen) atoms. The molecule has 1 aliphatic heterocycles. The first-order chi connectivity index (χ1) is 12.3. The predicted molar refractivity (Wildman–Crippen MR) is 96.5 cm³/mol. The Bertz CT molecular complexity index is 643. The van der Waals surface area contributed by atoms with Crippen LogP contribution in [0.4, 0.5) is 0 Å². The van der Waals surface area contributed by atoms with E-state index in [-0.39, 0.29) is 18.0 Å². The molecule has 0 aromatic heterocycles. The summed E-state index contributed by atoms with van der Waals surface area (Å²) in [4.78, 5) is 12.4. The summed E-state index contributed by atoms with van der Waals surface area (Å²) in [5, 5.41) is 6.40. The van der Waals surface area contributed by atoms with Gasteiger partial charge in [-0.15, -0.1) is 0 Å². The van der Waals surface area contributed by atoms with Gasteiger partial charge in [0.25, 0.3) is 0 Å². The summed E-state index contributed by atoms with van der Waals surface area (Å²) in [7, 11) is 0. The molecule has 0 spiro atoms. The largest absolute Gasteiger partial charge is 0.491 e. The predicted octanol–water partition coefficient (Wildman–Crippen LogP) is 2.30. The summed E-state index contributed by atoms with van der Waals surface area (Å²) >= 11 is 0. The zero-order valence-corrected chi connectivity index (χ0v) is 14.2. The van der Waals surface area contributed by atoms with E-state index in [1.807, 2.05) is 60.7 Å². The minimum atomic E-state index is -0.196. The first-order valence-corrected chi connectivity index (χ1v) is 8.64. The minimum absolute atomic E-state index is 0.00600. The molecule has 1 saturated heterocycles. The molecule has 1 amide bonds. The second kappa shape index (κ2) is 9.20. The van der Waals surface area contributed by atoms with Crippen molar-refractivity contribution >= 4 is 5.91 Å². The van der Waals surface area contributed by atoms with E-state index in [2.05, 4.69) is 10.6 Å². The van der Waals surface area contributed by atoms with Gasteiger partial charge in [0.15, 0.2) is 0 Å². The Morgan fingerprint density at radius 1 is 1.16 bits per heavy atom. The van der Waals surface area contributed by atoms with E-state index in [0.717, 1.165) is 17.9 Å². The van der Waals surface area contributed by atoms with Crippen LogP contribution in [0.5, 0.6) is 5.75 Å². The molecular formula is C20H24N2O3. The van der Waals surface area contributed by atoms with Crippen molar-refractivity contribution in [2.24, 2.45) is 0 Å². The summed E-state index contributed by atoms with van der Waals surface area (Å²) in [6.07, 6.45) is 0.397. The first-order valence-electron chi connectivity index (χ1n) is 8.64. The lowest BCUT2D eigenvalue weighted by Gasteiger charge is -2.25. The normalized spacial score (nSPS) is 18.3. The van der Waals surface area contributed by atoms with Crippen molar-refractivity contribution in [3.05, 3.63) is 66.2 Å². The maximum atomic E-state index is 12.4. The van der Waals surface area contributed by atoms with E-state index in [1.165, 1.54) is 0 Å². The van der Waals surface area contributed by atoms with Crippen LogP contribution in [-0.4, -0.2) is 38.3 Å². The van der Waals surface area contributed by atoms with Gasteiger partial charge in [0.2, 0.25) is 5.91 Å². The van der Waals surface area contributed by atoms with Crippen molar-refractivity contribution in [1.29, 1.82) is 0 Å². The van der Waals surface area contributed by atoms with Crippen LogP contribution in [0.15, 0.2) is 60.7 Å². The van der Waals surface area contributed by atoms with Crippen LogP contribution in [0.2, 0.25) is 0 Å². The van der Waals surface area contributed by atoms with Gasteiger partial charge in [-0.05, 0) is 17.7 Å². The Hall–Kier alpha value is -2.37. The van der Waals surface area contributed by atoms with Crippen LogP contribution in [-0.2, 0) is 9.53 Å². The highest BCUT2D eigenvalue weighted by Gasteiger charge is 2.20. The molecule has 132 valence electrons. The molecule has 1 fully saturated rings. The zero-order chi connectivity index (χ0) is 17.3. The molecule has 0 bridgehead atoms. The monoisotopic (exact) mass is 340 g/mol. The number of morpholine rings is 1. The number of para-hydroxylation sites is 1. The third kappa shape index (κ3) is 5.59. The van der Waals surface area contributed by atoms with Crippen LogP contribution in [0.3, 0.4) is 0 Å². The number of ether oxygens (including phenoxy) is 2. The van der Waals surface area contributed by atoms with Gasteiger partial charge in [0.1, 0.15) is 12.4 Å². The fourth-order valence-electron chi connectivity index (χ4n) is 2.83. The molecule has 0 saturated carbocycles. The van der Waals surface area contributed by atoms with Crippen molar-refractivity contribution in [2.75, 3.05) is 26.4 Å². The molecule has 0 aliphatic carbocycles. The lowest BCUT2D eigenvalue weighted by Crippen LogP contribution is -2.45. The molecule has 2 atom stereocenters. The zero-order valence-electron chi connectivity index (χ0n) is 14.2. The van der Waals surface area contributed by atoms with Crippen molar-refractivity contribution in [2.45, 2.75) is 18.5 Å². The molecule has 5 heteroatoms. The third-order valence-electron chi connectivity index (χ3n) is 4.13. The fraction of sp³-hybridized carbons (Fsp3) is 0.350. The van der Waals surface area contributed by atoms with Gasteiger partial charge in [-0.3, -0.25) is 4.79 Å². The Labute approximate surface area is 148 Å². The summed E-state index contributed by atoms with van der Waals surface area (Å²) in [6.45, 7) is 2.45. The van der Waals surface area contributed by atoms with Crippen molar-refractivity contribution in [1.82, 2.24) is 10.6 Å². The van der Waals surface area contributed by atoms with Gasteiger partial charge < -0.3 is 20.1 Å². The highest BCUT2D eigenvalue weighted by Crippen LogP contribution is 2.16. The summed E-state index contributed by atoms with van der Waals surface area (Å²) < 4.78 is 11.3. The number of rotatable bonds is 7. The maximum Gasteiger partial charge on any atom is 0.222 e. The van der Waals surface area contributed by atoms with Gasteiger partial charge in [-0.25, -0.2) is 0 Å². The number of hydrogen-bond donors (Lipinski definition) is 2. The Morgan fingerprint density at radius 2 is 1.88 bits per heavy atom. The molecule has 2 unspecified atom stereocenters. The van der Waals surface area contributed by atoms with Crippen molar-refractivity contribution in [3.8, 4) is 5.75 Å². The standard InChI is InChI=1S/C20H24N2O3/c23-20(13-17-14-24-12-11-21-17)22-19(16-7-3-1-4-8-16)15-25-18-9-5-2-6-10-18/h1-10,17,19,21H,11-15H2,(H,22,23). The highest BCUT2D eigenvalue weighted by atomic mass is 16.5. The third-order valence-corrected chi connectivity index (χ3v) is 4.13. The molecule has 2 aromatic carbocycles. The molecule has 5 nitrogen and oxygen atoms in total. The number of carbonyl (C=O) groups is 1. The number of nitrogens with one attached hydrogen (secondary N) is 2. The Balaban J connectivity index is 1.60. The second-order valence-electron chi connectivity index (χ2n) is 6.08. The number of amides is 1. The summed E-state index contributed by atoms with van der Waals surface area (Å²) in [6, 6.07) is 19.4. The molecule has 0 radical (unpaired) electrons. The number of carbonyl (C=O) groups excluding carboxylic acids is 1. The topological polar surface area (TPSA) is 59.6 Å². The van der Waals surface area contributed by atoms with Gasteiger partial charge in [0, 0.05) is 19.0 Å². The van der Waals surface area contributed by atoms with Crippen molar-refractivity contribution in [3.63, 3.8) is 0 Å². The molecule has 2 aromatic rings. The minimum Gasteiger partial charge on any atom is -0.491 e. The molecule has 1 heterocycles. The molecule has 3 rings (SSSR count).